The maximum Gasteiger partial charge on any atom is 0.240 e. The van der Waals surface area contributed by atoms with E-state index in [0.717, 1.165) is 10.2 Å². The highest BCUT2D eigenvalue weighted by molar-refractivity contribution is 7.16. The third-order valence-corrected chi connectivity index (χ3v) is 4.27. The van der Waals surface area contributed by atoms with Crippen LogP contribution in [0.2, 0.25) is 0 Å². The van der Waals surface area contributed by atoms with Crippen LogP contribution in [0.3, 0.4) is 0 Å². The summed E-state index contributed by atoms with van der Waals surface area (Å²) in [4.78, 5) is 9.44. The Bertz CT molecular complexity index is 597. The number of nitrogens with one attached hydrogen (secondary N) is 2. The zero-order chi connectivity index (χ0) is 14.0. The SMILES string of the molecule is NNc1nc(NCC2(O)CCOCC2)c2ccsc2n1. The van der Waals surface area contributed by atoms with Crippen LogP contribution in [-0.2, 0) is 4.74 Å². The van der Waals surface area contributed by atoms with E-state index in [1.807, 2.05) is 11.4 Å². The van der Waals surface area contributed by atoms with Crippen LogP contribution in [-0.4, -0.2) is 40.4 Å². The Labute approximate surface area is 120 Å². The number of nitrogen functional groups attached to an aromatic ring is 1. The minimum absolute atomic E-state index is 0.362. The van der Waals surface area contributed by atoms with Gasteiger partial charge in [0.25, 0.3) is 0 Å². The van der Waals surface area contributed by atoms with Crippen LogP contribution in [0.25, 0.3) is 10.2 Å². The predicted octanol–water partition coefficient (Wildman–Crippen LogP) is 0.930. The van der Waals surface area contributed by atoms with E-state index in [0.29, 0.717) is 44.4 Å². The number of ether oxygens (including phenoxy) is 1. The molecule has 0 radical (unpaired) electrons. The lowest BCUT2D eigenvalue weighted by Gasteiger charge is -2.32. The van der Waals surface area contributed by atoms with Gasteiger partial charge in [-0.25, -0.2) is 10.8 Å². The van der Waals surface area contributed by atoms with Gasteiger partial charge in [0.2, 0.25) is 5.95 Å². The molecule has 1 aliphatic rings. The van der Waals surface area contributed by atoms with Crippen LogP contribution in [0.4, 0.5) is 11.8 Å². The highest BCUT2D eigenvalue weighted by Crippen LogP contribution is 2.27. The number of hydrogen-bond acceptors (Lipinski definition) is 8. The van der Waals surface area contributed by atoms with Gasteiger partial charge < -0.3 is 15.2 Å². The van der Waals surface area contributed by atoms with E-state index in [1.54, 1.807) is 0 Å². The summed E-state index contributed by atoms with van der Waals surface area (Å²) < 4.78 is 5.27. The summed E-state index contributed by atoms with van der Waals surface area (Å²) in [7, 11) is 0. The molecule has 2 aromatic rings. The molecular weight excluding hydrogens is 278 g/mol. The van der Waals surface area contributed by atoms with Gasteiger partial charge in [0.15, 0.2) is 0 Å². The zero-order valence-electron chi connectivity index (χ0n) is 10.9. The molecule has 3 rings (SSSR count). The van der Waals surface area contributed by atoms with Crippen molar-refractivity contribution in [3.8, 4) is 0 Å². The highest BCUT2D eigenvalue weighted by Gasteiger charge is 2.29. The zero-order valence-corrected chi connectivity index (χ0v) is 11.7. The largest absolute Gasteiger partial charge is 0.388 e. The van der Waals surface area contributed by atoms with Gasteiger partial charge in [0, 0.05) is 32.6 Å². The predicted molar refractivity (Wildman–Crippen MR) is 78.7 cm³/mol. The summed E-state index contributed by atoms with van der Waals surface area (Å²) in [5, 5.41) is 16.6. The van der Waals surface area contributed by atoms with Crippen LogP contribution >= 0.6 is 11.3 Å². The van der Waals surface area contributed by atoms with Crippen LogP contribution in [0.15, 0.2) is 11.4 Å². The van der Waals surface area contributed by atoms with Crippen LogP contribution in [0, 0.1) is 0 Å². The fourth-order valence-electron chi connectivity index (χ4n) is 2.23. The normalized spacial score (nSPS) is 18.1. The summed E-state index contributed by atoms with van der Waals surface area (Å²) in [6, 6.07) is 1.96. The van der Waals surface area contributed by atoms with Gasteiger partial charge in [-0.1, -0.05) is 0 Å². The molecule has 5 N–H and O–H groups in total. The quantitative estimate of drug-likeness (QED) is 0.491. The minimum atomic E-state index is -0.748. The number of nitrogens with zero attached hydrogens (tertiary/aromatic N) is 2. The average Bonchev–Trinajstić information content (AvgIpc) is 2.93. The van der Waals surface area contributed by atoms with E-state index < -0.39 is 5.60 Å². The lowest BCUT2D eigenvalue weighted by atomic mass is 9.94. The third kappa shape index (κ3) is 2.68. The van der Waals surface area contributed by atoms with Crippen LogP contribution in [0.1, 0.15) is 12.8 Å². The van der Waals surface area contributed by atoms with Crippen molar-refractivity contribution in [3.05, 3.63) is 11.4 Å². The molecule has 0 aliphatic carbocycles. The molecular formula is C12H17N5O2S. The Morgan fingerprint density at radius 3 is 2.95 bits per heavy atom. The first-order valence-corrected chi connectivity index (χ1v) is 7.34. The first kappa shape index (κ1) is 13.5. The van der Waals surface area contributed by atoms with Gasteiger partial charge in [0.05, 0.1) is 11.0 Å². The number of aromatic nitrogens is 2. The lowest BCUT2D eigenvalue weighted by Crippen LogP contribution is -2.42. The average molecular weight is 295 g/mol. The topological polar surface area (TPSA) is 105 Å². The molecule has 0 amide bonds. The molecule has 1 saturated heterocycles. The van der Waals surface area contributed by atoms with Crippen molar-refractivity contribution in [2.24, 2.45) is 5.84 Å². The van der Waals surface area contributed by atoms with Gasteiger partial charge in [0.1, 0.15) is 10.6 Å². The van der Waals surface area contributed by atoms with Crippen molar-refractivity contribution in [1.29, 1.82) is 0 Å². The van der Waals surface area contributed by atoms with Gasteiger partial charge >= 0.3 is 0 Å². The molecule has 0 unspecified atom stereocenters. The molecule has 0 atom stereocenters. The number of hydrogen-bond donors (Lipinski definition) is 4. The molecule has 1 fully saturated rings. The summed E-state index contributed by atoms with van der Waals surface area (Å²) in [6.45, 7) is 1.61. The Hall–Kier alpha value is -1.48. The van der Waals surface area contributed by atoms with E-state index in [4.69, 9.17) is 10.6 Å². The molecule has 0 aromatic carbocycles. The standard InChI is InChI=1S/C12H17N5O2S/c13-17-11-15-9(8-1-6-20-10(8)16-11)14-7-12(18)2-4-19-5-3-12/h1,6,18H,2-5,7,13H2,(H2,14,15,16,17). The summed E-state index contributed by atoms with van der Waals surface area (Å²) in [5.74, 6) is 6.43. The first-order chi connectivity index (χ1) is 9.70. The van der Waals surface area contributed by atoms with E-state index in [-0.39, 0.29) is 0 Å². The van der Waals surface area contributed by atoms with Crippen molar-refractivity contribution in [2.75, 3.05) is 30.5 Å². The lowest BCUT2D eigenvalue weighted by molar-refractivity contribution is -0.0543. The molecule has 8 heteroatoms. The minimum Gasteiger partial charge on any atom is -0.388 e. The first-order valence-electron chi connectivity index (χ1n) is 6.46. The summed E-state index contributed by atoms with van der Waals surface area (Å²) in [5.41, 5.74) is 1.71. The van der Waals surface area contributed by atoms with E-state index >= 15 is 0 Å². The molecule has 7 nitrogen and oxygen atoms in total. The number of anilines is 2. The van der Waals surface area contributed by atoms with Crippen molar-refractivity contribution in [1.82, 2.24) is 9.97 Å². The molecule has 0 saturated carbocycles. The van der Waals surface area contributed by atoms with Crippen molar-refractivity contribution in [2.45, 2.75) is 18.4 Å². The number of hydrazine groups is 1. The second-order valence-corrected chi connectivity index (χ2v) is 5.76. The molecule has 108 valence electrons. The number of fused-ring (bicyclic) bond motifs is 1. The van der Waals surface area contributed by atoms with Gasteiger partial charge in [-0.05, 0) is 11.4 Å². The van der Waals surface area contributed by atoms with Crippen LogP contribution < -0.4 is 16.6 Å². The van der Waals surface area contributed by atoms with Crippen molar-refractivity contribution in [3.63, 3.8) is 0 Å². The Morgan fingerprint density at radius 1 is 1.40 bits per heavy atom. The Morgan fingerprint density at radius 2 is 2.20 bits per heavy atom. The van der Waals surface area contributed by atoms with Crippen molar-refractivity contribution >= 4 is 33.3 Å². The van der Waals surface area contributed by atoms with Gasteiger partial charge in [-0.15, -0.1) is 11.3 Å². The fourth-order valence-corrected chi connectivity index (χ4v) is 2.99. The number of rotatable bonds is 4. The molecule has 0 bridgehead atoms. The van der Waals surface area contributed by atoms with Crippen molar-refractivity contribution < 1.29 is 9.84 Å². The second kappa shape index (κ2) is 5.49. The molecule has 3 heterocycles. The highest BCUT2D eigenvalue weighted by atomic mass is 32.1. The summed E-state index contributed by atoms with van der Waals surface area (Å²) in [6.07, 6.45) is 1.25. The molecule has 20 heavy (non-hydrogen) atoms. The maximum atomic E-state index is 10.5. The summed E-state index contributed by atoms with van der Waals surface area (Å²) >= 11 is 1.52. The van der Waals surface area contributed by atoms with Gasteiger partial charge in [-0.2, -0.15) is 4.98 Å². The molecule has 1 aliphatic heterocycles. The monoisotopic (exact) mass is 295 g/mol. The van der Waals surface area contributed by atoms with Crippen LogP contribution in [0.5, 0.6) is 0 Å². The smallest absolute Gasteiger partial charge is 0.240 e. The number of nitrogens with two attached hydrogens (primary N) is 1. The second-order valence-electron chi connectivity index (χ2n) is 4.87. The Balaban J connectivity index is 1.81. The molecule has 2 aromatic heterocycles. The third-order valence-electron chi connectivity index (χ3n) is 3.46. The van der Waals surface area contributed by atoms with Gasteiger partial charge in [-0.3, -0.25) is 5.43 Å². The van der Waals surface area contributed by atoms with E-state index in [9.17, 15) is 5.11 Å². The number of aliphatic hydroxyl groups is 1. The molecule has 0 spiro atoms. The maximum absolute atomic E-state index is 10.5. The fraction of sp³-hybridized carbons (Fsp3) is 0.500. The Kier molecular flexibility index (Phi) is 3.70. The number of thiophene rings is 1. The van der Waals surface area contributed by atoms with E-state index in [2.05, 4.69) is 20.7 Å². The van der Waals surface area contributed by atoms with E-state index in [1.165, 1.54) is 11.3 Å².